The molecule has 7 nitrogen and oxygen atoms in total. The summed E-state index contributed by atoms with van der Waals surface area (Å²) in [6.45, 7) is 2.00. The van der Waals surface area contributed by atoms with Crippen molar-refractivity contribution in [3.8, 4) is 0 Å². The molecule has 0 spiro atoms. The third kappa shape index (κ3) is 5.47. The first-order valence-electron chi connectivity index (χ1n) is 9.05. The maximum atomic E-state index is 13.0. The summed E-state index contributed by atoms with van der Waals surface area (Å²) in [6.07, 6.45) is 1.10. The van der Waals surface area contributed by atoms with E-state index in [4.69, 9.17) is 4.52 Å². The zero-order chi connectivity index (χ0) is 20.9. The van der Waals surface area contributed by atoms with Crippen LogP contribution in [-0.2, 0) is 33.2 Å². The molecule has 9 heteroatoms. The second-order valence-electron chi connectivity index (χ2n) is 6.38. The predicted molar refractivity (Wildman–Crippen MR) is 104 cm³/mol. The molecule has 1 amide bonds. The maximum Gasteiger partial charge on any atom is 0.227 e. The van der Waals surface area contributed by atoms with Crippen molar-refractivity contribution in [2.75, 3.05) is 5.32 Å². The molecule has 0 radical (unpaired) electrons. The molecule has 1 N–H and O–H groups in total. The minimum Gasteiger partial charge on any atom is -0.339 e. The summed E-state index contributed by atoms with van der Waals surface area (Å²) < 4.78 is 42.7. The summed E-state index contributed by atoms with van der Waals surface area (Å²) in [5, 5.41) is 6.51. The molecule has 0 aliphatic carbocycles. The van der Waals surface area contributed by atoms with E-state index in [-0.39, 0.29) is 35.4 Å². The Morgan fingerprint density at radius 3 is 2.59 bits per heavy atom. The summed E-state index contributed by atoms with van der Waals surface area (Å²) in [7, 11) is -3.73. The van der Waals surface area contributed by atoms with Gasteiger partial charge in [0.05, 0.1) is 4.90 Å². The van der Waals surface area contributed by atoms with Gasteiger partial charge in [-0.2, -0.15) is 4.98 Å². The van der Waals surface area contributed by atoms with Gasteiger partial charge in [-0.05, 0) is 42.3 Å². The lowest BCUT2D eigenvalue weighted by Crippen LogP contribution is -2.13. The molecule has 0 unspecified atom stereocenters. The van der Waals surface area contributed by atoms with Crippen LogP contribution in [0.3, 0.4) is 0 Å². The van der Waals surface area contributed by atoms with Crippen molar-refractivity contribution >= 4 is 21.4 Å². The van der Waals surface area contributed by atoms with Gasteiger partial charge in [0.15, 0.2) is 15.7 Å². The van der Waals surface area contributed by atoms with Crippen molar-refractivity contribution in [2.24, 2.45) is 0 Å². The fourth-order valence-electron chi connectivity index (χ4n) is 2.73. The molecule has 0 aliphatic rings. The van der Waals surface area contributed by atoms with Crippen molar-refractivity contribution in [3.05, 3.63) is 71.6 Å². The number of rotatable bonds is 8. The monoisotopic (exact) mass is 417 g/mol. The van der Waals surface area contributed by atoms with Crippen LogP contribution >= 0.6 is 0 Å². The Bertz CT molecular complexity index is 1090. The lowest BCUT2D eigenvalue weighted by Gasteiger charge is -2.08. The fraction of sp³-hybridized carbons (Fsp3) is 0.250. The Morgan fingerprint density at radius 2 is 1.86 bits per heavy atom. The summed E-state index contributed by atoms with van der Waals surface area (Å²) in [5.74, 6) is -1.04. The van der Waals surface area contributed by atoms with E-state index in [9.17, 15) is 17.6 Å². The largest absolute Gasteiger partial charge is 0.339 e. The summed E-state index contributed by atoms with van der Waals surface area (Å²) in [4.78, 5) is 16.2. The number of benzene rings is 2. The lowest BCUT2D eigenvalue weighted by atomic mass is 10.1. The highest BCUT2D eigenvalue weighted by Crippen LogP contribution is 2.17. The third-order valence-corrected chi connectivity index (χ3v) is 5.87. The molecule has 0 atom stereocenters. The third-order valence-electron chi connectivity index (χ3n) is 4.24. The normalized spacial score (nSPS) is 11.4. The molecule has 29 heavy (non-hydrogen) atoms. The first kappa shape index (κ1) is 20.7. The number of halogens is 1. The average molecular weight is 417 g/mol. The highest BCUT2D eigenvalue weighted by molar-refractivity contribution is 7.90. The summed E-state index contributed by atoms with van der Waals surface area (Å²) in [6, 6.07) is 12.1. The first-order chi connectivity index (χ1) is 13.9. The van der Waals surface area contributed by atoms with Crippen LogP contribution in [0.4, 0.5) is 10.1 Å². The SMILES string of the molecule is CCc1ccccc1NC(=O)CCc1nc(CS(=O)(=O)c2ccc(F)cc2)no1. The molecule has 152 valence electrons. The minimum atomic E-state index is -3.73. The Morgan fingerprint density at radius 1 is 1.14 bits per heavy atom. The standard InChI is InChI=1S/C20H20FN3O4S/c1-2-14-5-3-4-6-17(14)22-19(25)11-12-20-23-18(24-28-20)13-29(26,27)16-9-7-15(21)8-10-16/h3-10H,2,11-13H2,1H3,(H,22,25). The van der Waals surface area contributed by atoms with Crippen molar-refractivity contribution < 1.29 is 22.1 Å². The molecule has 1 aromatic heterocycles. The van der Waals surface area contributed by atoms with E-state index in [0.29, 0.717) is 0 Å². The number of hydrogen-bond donors (Lipinski definition) is 1. The van der Waals surface area contributed by atoms with Gasteiger partial charge in [-0.15, -0.1) is 0 Å². The molecule has 1 heterocycles. The number of hydrogen-bond acceptors (Lipinski definition) is 6. The van der Waals surface area contributed by atoms with E-state index in [2.05, 4.69) is 15.5 Å². The van der Waals surface area contributed by atoms with E-state index in [1.54, 1.807) is 0 Å². The smallest absolute Gasteiger partial charge is 0.227 e. The lowest BCUT2D eigenvalue weighted by molar-refractivity contribution is -0.116. The van der Waals surface area contributed by atoms with Gasteiger partial charge in [0, 0.05) is 18.5 Å². The number of para-hydroxylation sites is 1. The van der Waals surface area contributed by atoms with Gasteiger partial charge in [-0.3, -0.25) is 4.79 Å². The maximum absolute atomic E-state index is 13.0. The van der Waals surface area contributed by atoms with Crippen LogP contribution < -0.4 is 5.32 Å². The van der Waals surface area contributed by atoms with Crippen LogP contribution in [0.1, 0.15) is 30.6 Å². The number of sulfone groups is 1. The second kappa shape index (κ2) is 8.95. The van der Waals surface area contributed by atoms with Gasteiger partial charge in [0.2, 0.25) is 11.8 Å². The number of amides is 1. The zero-order valence-electron chi connectivity index (χ0n) is 15.8. The number of anilines is 1. The van der Waals surface area contributed by atoms with Gasteiger partial charge < -0.3 is 9.84 Å². The molecule has 0 aliphatic heterocycles. The van der Waals surface area contributed by atoms with Crippen LogP contribution in [0.2, 0.25) is 0 Å². The Balaban J connectivity index is 1.57. The minimum absolute atomic E-state index is 0.0129. The van der Waals surface area contributed by atoms with Gasteiger partial charge in [0.1, 0.15) is 11.6 Å². The predicted octanol–water partition coefficient (Wildman–Crippen LogP) is 3.32. The van der Waals surface area contributed by atoms with E-state index in [0.717, 1.165) is 29.8 Å². The van der Waals surface area contributed by atoms with Gasteiger partial charge in [-0.1, -0.05) is 30.3 Å². The van der Waals surface area contributed by atoms with Crippen LogP contribution in [0, 0.1) is 5.82 Å². The second-order valence-corrected chi connectivity index (χ2v) is 8.37. The molecule has 0 fully saturated rings. The number of carbonyl (C=O) groups is 1. The number of aromatic nitrogens is 2. The number of nitrogens with one attached hydrogen (secondary N) is 1. The Kier molecular flexibility index (Phi) is 6.38. The molecular weight excluding hydrogens is 397 g/mol. The highest BCUT2D eigenvalue weighted by Gasteiger charge is 2.20. The van der Waals surface area contributed by atoms with Crippen LogP contribution in [0.25, 0.3) is 0 Å². The topological polar surface area (TPSA) is 102 Å². The van der Waals surface area contributed by atoms with Crippen molar-refractivity contribution in [3.63, 3.8) is 0 Å². The van der Waals surface area contributed by atoms with Crippen LogP contribution in [-0.4, -0.2) is 24.5 Å². The molecule has 0 saturated carbocycles. The van der Waals surface area contributed by atoms with Crippen molar-refractivity contribution in [2.45, 2.75) is 36.8 Å². The van der Waals surface area contributed by atoms with Crippen LogP contribution in [0.5, 0.6) is 0 Å². The molecular formula is C20H20FN3O4S. The first-order valence-corrected chi connectivity index (χ1v) is 10.7. The molecule has 2 aromatic carbocycles. The van der Waals surface area contributed by atoms with Crippen molar-refractivity contribution in [1.82, 2.24) is 10.1 Å². The molecule has 0 saturated heterocycles. The van der Waals surface area contributed by atoms with E-state index >= 15 is 0 Å². The molecule has 3 aromatic rings. The van der Waals surface area contributed by atoms with Gasteiger partial charge in [0.25, 0.3) is 0 Å². The molecule has 0 bridgehead atoms. The number of aryl methyl sites for hydroxylation is 2. The van der Waals surface area contributed by atoms with E-state index in [1.807, 2.05) is 31.2 Å². The Hall–Kier alpha value is -3.07. The van der Waals surface area contributed by atoms with Gasteiger partial charge >= 0.3 is 0 Å². The number of carbonyl (C=O) groups excluding carboxylic acids is 1. The van der Waals surface area contributed by atoms with Crippen molar-refractivity contribution in [1.29, 1.82) is 0 Å². The van der Waals surface area contributed by atoms with Crippen LogP contribution in [0.15, 0.2) is 57.9 Å². The average Bonchev–Trinajstić information content (AvgIpc) is 3.14. The summed E-state index contributed by atoms with van der Waals surface area (Å²) in [5.41, 5.74) is 1.79. The molecule has 3 rings (SSSR count). The van der Waals surface area contributed by atoms with Gasteiger partial charge in [-0.25, -0.2) is 12.8 Å². The highest BCUT2D eigenvalue weighted by atomic mass is 32.2. The zero-order valence-corrected chi connectivity index (χ0v) is 16.6. The van der Waals surface area contributed by atoms with E-state index < -0.39 is 21.4 Å². The summed E-state index contributed by atoms with van der Waals surface area (Å²) >= 11 is 0. The fourth-order valence-corrected chi connectivity index (χ4v) is 3.90. The Labute approximate surface area is 167 Å². The number of nitrogens with zero attached hydrogens (tertiary/aromatic N) is 2. The quantitative estimate of drug-likeness (QED) is 0.564. The van der Waals surface area contributed by atoms with E-state index in [1.165, 1.54) is 12.1 Å².